The summed E-state index contributed by atoms with van der Waals surface area (Å²) in [6.07, 6.45) is 5.75. The number of amides is 2. The second-order valence-corrected chi connectivity index (χ2v) is 13.1. The number of aromatic nitrogens is 1. The van der Waals surface area contributed by atoms with Crippen molar-refractivity contribution in [1.29, 1.82) is 0 Å². The number of ketones is 1. The zero-order chi connectivity index (χ0) is 30.0. The van der Waals surface area contributed by atoms with Crippen molar-refractivity contribution in [3.8, 4) is 0 Å². The summed E-state index contributed by atoms with van der Waals surface area (Å²) in [7, 11) is 1.45. The molecule has 4 saturated carbocycles. The number of hydrogen-bond donors (Lipinski definition) is 7. The van der Waals surface area contributed by atoms with Gasteiger partial charge in [0.15, 0.2) is 12.0 Å². The van der Waals surface area contributed by atoms with Crippen LogP contribution in [0.1, 0.15) is 58.3 Å². The highest BCUT2D eigenvalue weighted by atomic mass is 16.3. The third-order valence-electron chi connectivity index (χ3n) is 9.86. The number of nitrogens with one attached hydrogen (secondary N) is 5. The van der Waals surface area contributed by atoms with Crippen LogP contribution in [-0.4, -0.2) is 76.6 Å². The van der Waals surface area contributed by atoms with Crippen LogP contribution in [0.5, 0.6) is 0 Å². The Morgan fingerprint density at radius 3 is 2.38 bits per heavy atom. The van der Waals surface area contributed by atoms with Crippen LogP contribution in [0, 0.1) is 29.6 Å². The molecule has 5 atom stereocenters. The van der Waals surface area contributed by atoms with Gasteiger partial charge in [0, 0.05) is 24.7 Å². The molecular weight excluding hydrogens is 540 g/mol. The lowest BCUT2D eigenvalue weighted by Gasteiger charge is -2.54. The highest BCUT2D eigenvalue weighted by molar-refractivity contribution is 5.95. The molecule has 42 heavy (non-hydrogen) atoms. The normalized spacial score (nSPS) is 31.9. The maximum Gasteiger partial charge on any atom is 0.274 e. The summed E-state index contributed by atoms with van der Waals surface area (Å²) in [6, 6.07) is 1.95. The third kappa shape index (κ3) is 7.11. The van der Waals surface area contributed by atoms with Crippen molar-refractivity contribution in [3.63, 3.8) is 0 Å². The van der Waals surface area contributed by atoms with E-state index in [4.69, 9.17) is 0 Å². The quantitative estimate of drug-likeness (QED) is 0.156. The van der Waals surface area contributed by atoms with Gasteiger partial charge in [-0.2, -0.15) is 0 Å². The lowest BCUT2D eigenvalue weighted by molar-refractivity contribution is -0.129. The van der Waals surface area contributed by atoms with Crippen molar-refractivity contribution in [1.82, 2.24) is 25.8 Å². The first-order chi connectivity index (χ1) is 20.1. The minimum atomic E-state index is -1.36. The Labute approximate surface area is 246 Å². The molecule has 232 valence electrons. The molecule has 12 heteroatoms. The number of aliphatic hydroxyl groups excluding tert-OH is 2. The van der Waals surface area contributed by atoms with Gasteiger partial charge in [0.25, 0.3) is 5.56 Å². The smallest absolute Gasteiger partial charge is 0.274 e. The number of nitrogens with zero attached hydrogens (tertiary/aromatic N) is 1. The molecule has 2 heterocycles. The Bertz CT molecular complexity index is 1180. The molecule has 7 N–H and O–H groups in total. The van der Waals surface area contributed by atoms with E-state index in [0.717, 1.165) is 24.8 Å². The van der Waals surface area contributed by atoms with Crippen molar-refractivity contribution in [2.45, 2.75) is 95.4 Å². The van der Waals surface area contributed by atoms with Gasteiger partial charge in [-0.25, -0.2) is 0 Å². The van der Waals surface area contributed by atoms with Crippen molar-refractivity contribution in [3.05, 3.63) is 28.7 Å². The number of rotatable bonds is 13. The first kappa shape index (κ1) is 30.8. The van der Waals surface area contributed by atoms with Crippen LogP contribution >= 0.6 is 0 Å². The monoisotopic (exact) mass is 586 g/mol. The van der Waals surface area contributed by atoms with Crippen LogP contribution in [-0.2, 0) is 20.9 Å². The fourth-order valence-electron chi connectivity index (χ4n) is 7.91. The summed E-state index contributed by atoms with van der Waals surface area (Å²) < 4.78 is 1.29. The SMILES string of the molecule is CNC(O)C(=O)CC[C@H](NC(O)[C@@H]1C[C@H](C)CN1)C(=O)Nc1cccn(CC(=O)NC2C3CC4CC(C3)CC2C4)c1=O. The van der Waals surface area contributed by atoms with E-state index >= 15 is 0 Å². The van der Waals surface area contributed by atoms with Gasteiger partial charge < -0.3 is 30.7 Å². The average Bonchev–Trinajstić information content (AvgIpc) is 3.40. The molecule has 5 fully saturated rings. The molecule has 1 saturated heterocycles. The number of carbonyl (C=O) groups is 3. The van der Waals surface area contributed by atoms with Crippen LogP contribution in [0.4, 0.5) is 5.69 Å². The zero-order valence-corrected chi connectivity index (χ0v) is 24.6. The number of aliphatic hydroxyl groups is 2. The van der Waals surface area contributed by atoms with Gasteiger partial charge in [0.05, 0.1) is 6.04 Å². The van der Waals surface area contributed by atoms with Gasteiger partial charge >= 0.3 is 0 Å². The molecule has 12 nitrogen and oxygen atoms in total. The predicted octanol–water partition coefficient (Wildman–Crippen LogP) is -0.111. The zero-order valence-electron chi connectivity index (χ0n) is 24.6. The number of Topliss-reactive ketones (excluding diaryl/α,β-unsaturated/α-hetero) is 1. The molecule has 2 unspecified atom stereocenters. The fourth-order valence-corrected chi connectivity index (χ4v) is 7.91. The van der Waals surface area contributed by atoms with Crippen molar-refractivity contribution >= 4 is 23.3 Å². The number of pyridine rings is 1. The molecule has 0 spiro atoms. The fraction of sp³-hybridized carbons (Fsp3) is 0.733. The summed E-state index contributed by atoms with van der Waals surface area (Å²) in [6.45, 7) is 2.66. The first-order valence-corrected chi connectivity index (χ1v) is 15.5. The van der Waals surface area contributed by atoms with E-state index in [1.807, 2.05) is 0 Å². The molecule has 6 rings (SSSR count). The molecule has 1 aromatic heterocycles. The Morgan fingerprint density at radius 2 is 1.76 bits per heavy atom. The minimum Gasteiger partial charge on any atom is -0.377 e. The molecule has 0 radical (unpaired) electrons. The van der Waals surface area contributed by atoms with Gasteiger partial charge in [-0.1, -0.05) is 6.92 Å². The van der Waals surface area contributed by atoms with Gasteiger partial charge in [0.2, 0.25) is 11.8 Å². The standard InChI is InChI=1S/C30H46N6O6/c1-16-8-23(32-14-16)28(40)33-21(5-6-24(37)29(41)31-2)27(39)34-22-4-3-7-36(30(22)42)15-25(38)35-26-19-10-17-9-18(12-19)13-20(26)11-17/h3-4,7,16-21,23,26,28-29,31-33,40-41H,5-6,8-15H2,1-2H3,(H,34,39)(H,35,38)/t16-,17?,18?,19?,20?,21-,23-,26?,28?,29?/m0/s1. The van der Waals surface area contributed by atoms with Gasteiger partial charge in [0.1, 0.15) is 18.5 Å². The maximum atomic E-state index is 13.3. The summed E-state index contributed by atoms with van der Waals surface area (Å²) in [5.41, 5.74) is -0.515. The number of hydrogen-bond acceptors (Lipinski definition) is 9. The largest absolute Gasteiger partial charge is 0.377 e. The third-order valence-corrected chi connectivity index (χ3v) is 9.86. The second kappa shape index (κ2) is 13.3. The van der Waals surface area contributed by atoms with Crippen LogP contribution in [0.3, 0.4) is 0 Å². The van der Waals surface area contributed by atoms with E-state index in [0.29, 0.717) is 17.8 Å². The van der Waals surface area contributed by atoms with E-state index in [9.17, 15) is 29.4 Å². The van der Waals surface area contributed by atoms with E-state index < -0.39 is 35.7 Å². The van der Waals surface area contributed by atoms with Gasteiger partial charge in [-0.15, -0.1) is 0 Å². The summed E-state index contributed by atoms with van der Waals surface area (Å²) in [5.74, 6) is 1.72. The molecule has 5 aliphatic rings. The molecule has 4 bridgehead atoms. The van der Waals surface area contributed by atoms with E-state index in [-0.39, 0.29) is 43.1 Å². The summed E-state index contributed by atoms with van der Waals surface area (Å²) in [5, 5.41) is 35.0. The predicted molar refractivity (Wildman–Crippen MR) is 156 cm³/mol. The summed E-state index contributed by atoms with van der Waals surface area (Å²) in [4.78, 5) is 51.9. The molecule has 1 aromatic rings. The average molecular weight is 587 g/mol. The highest BCUT2D eigenvalue weighted by Gasteiger charge is 2.48. The van der Waals surface area contributed by atoms with E-state index in [1.54, 1.807) is 6.07 Å². The topological polar surface area (TPSA) is 174 Å². The first-order valence-electron chi connectivity index (χ1n) is 15.5. The minimum absolute atomic E-state index is 0.000382. The molecular formula is C30H46N6O6. The lowest BCUT2D eigenvalue weighted by Crippen LogP contribution is -2.56. The number of carbonyl (C=O) groups excluding carboxylic acids is 3. The Kier molecular flexibility index (Phi) is 9.78. The van der Waals surface area contributed by atoms with E-state index in [1.165, 1.54) is 56.0 Å². The van der Waals surface area contributed by atoms with Gasteiger partial charge in [-0.05, 0) is 100 Å². The number of likely N-dealkylation sites (N-methyl/N-ethyl adjacent to an activating group) is 1. The van der Waals surface area contributed by atoms with Crippen LogP contribution in [0.2, 0.25) is 0 Å². The highest BCUT2D eigenvalue weighted by Crippen LogP contribution is 2.53. The summed E-state index contributed by atoms with van der Waals surface area (Å²) >= 11 is 0. The Balaban J connectivity index is 1.22. The lowest BCUT2D eigenvalue weighted by atomic mass is 9.54. The van der Waals surface area contributed by atoms with Crippen LogP contribution < -0.4 is 32.1 Å². The molecule has 4 aliphatic carbocycles. The Morgan fingerprint density at radius 1 is 1.07 bits per heavy atom. The van der Waals surface area contributed by atoms with Crippen molar-refractivity contribution in [2.24, 2.45) is 29.6 Å². The second-order valence-electron chi connectivity index (χ2n) is 13.1. The molecule has 1 aliphatic heterocycles. The molecule has 0 aromatic carbocycles. The van der Waals surface area contributed by atoms with Crippen molar-refractivity contribution < 1.29 is 24.6 Å². The Hall–Kier alpha value is -2.64. The van der Waals surface area contributed by atoms with Crippen LogP contribution in [0.25, 0.3) is 0 Å². The molecule has 2 amide bonds. The van der Waals surface area contributed by atoms with E-state index in [2.05, 4.69) is 33.5 Å². The van der Waals surface area contributed by atoms with Crippen LogP contribution in [0.15, 0.2) is 23.1 Å². The van der Waals surface area contributed by atoms with Crippen molar-refractivity contribution in [2.75, 3.05) is 18.9 Å². The van der Waals surface area contributed by atoms with Gasteiger partial charge in [-0.3, -0.25) is 29.8 Å². The number of anilines is 1. The maximum absolute atomic E-state index is 13.3.